The molecule has 3 nitrogen and oxygen atoms in total. The third-order valence-electron chi connectivity index (χ3n) is 3.28. The van der Waals surface area contributed by atoms with Gasteiger partial charge >= 0.3 is 0 Å². The lowest BCUT2D eigenvalue weighted by molar-refractivity contribution is 0.427. The molecule has 1 aromatic carbocycles. The molecule has 20 heavy (non-hydrogen) atoms. The van der Waals surface area contributed by atoms with E-state index in [0.717, 1.165) is 25.7 Å². The van der Waals surface area contributed by atoms with Gasteiger partial charge in [0.25, 0.3) is 0 Å². The summed E-state index contributed by atoms with van der Waals surface area (Å²) in [7, 11) is -3.87. The minimum absolute atomic E-state index is 0.0712. The second kappa shape index (κ2) is 6.48. The Morgan fingerprint density at radius 3 is 2.55 bits per heavy atom. The minimum Gasteiger partial charge on any atom is -0.207 e. The summed E-state index contributed by atoms with van der Waals surface area (Å²) in [4.78, 5) is -0.215. The summed E-state index contributed by atoms with van der Waals surface area (Å²) in [5, 5.41) is -0.683. The smallest absolute Gasteiger partial charge is 0.207 e. The van der Waals surface area contributed by atoms with Crippen LogP contribution in [-0.2, 0) is 10.0 Å². The zero-order chi connectivity index (χ0) is 14.9. The van der Waals surface area contributed by atoms with Gasteiger partial charge in [0.05, 0.1) is 10.0 Å². The summed E-state index contributed by atoms with van der Waals surface area (Å²) < 4.78 is 40.8. The molecule has 0 spiro atoms. The molecule has 1 saturated carbocycles. The van der Waals surface area contributed by atoms with Crippen LogP contribution in [0.25, 0.3) is 0 Å². The Morgan fingerprint density at radius 1 is 1.25 bits per heavy atom. The molecule has 1 N–H and O–H groups in total. The molecule has 2 rings (SSSR count). The van der Waals surface area contributed by atoms with Crippen molar-refractivity contribution in [1.29, 1.82) is 0 Å². The summed E-state index contributed by atoms with van der Waals surface area (Å²) in [6.07, 6.45) is 3.65. The van der Waals surface area contributed by atoms with Crippen molar-refractivity contribution in [2.45, 2.75) is 41.4 Å². The minimum atomic E-state index is -3.87. The summed E-state index contributed by atoms with van der Waals surface area (Å²) in [5.74, 6) is -0.921. The van der Waals surface area contributed by atoms with Crippen LogP contribution < -0.4 is 4.72 Å². The van der Waals surface area contributed by atoms with E-state index in [-0.39, 0.29) is 20.8 Å². The SMILES string of the molecule is O=S(=O)(NC1CCCCC1Br)c1ccc(Cl)c(F)c1Cl. The zero-order valence-corrected chi connectivity index (χ0v) is 14.3. The van der Waals surface area contributed by atoms with Gasteiger partial charge in [0, 0.05) is 10.9 Å². The van der Waals surface area contributed by atoms with E-state index in [2.05, 4.69) is 20.7 Å². The van der Waals surface area contributed by atoms with Gasteiger partial charge in [-0.05, 0) is 25.0 Å². The Hall–Kier alpha value is 0.120. The summed E-state index contributed by atoms with van der Waals surface area (Å²) in [5.41, 5.74) is 0. The number of hydrogen-bond donors (Lipinski definition) is 1. The van der Waals surface area contributed by atoms with Gasteiger partial charge in [-0.15, -0.1) is 0 Å². The lowest BCUT2D eigenvalue weighted by atomic mass is 9.96. The highest BCUT2D eigenvalue weighted by atomic mass is 79.9. The van der Waals surface area contributed by atoms with Gasteiger partial charge in [-0.1, -0.05) is 52.0 Å². The van der Waals surface area contributed by atoms with Crippen molar-refractivity contribution in [2.75, 3.05) is 0 Å². The van der Waals surface area contributed by atoms with Crippen molar-refractivity contribution in [3.63, 3.8) is 0 Å². The molecule has 0 saturated heterocycles. The number of halogens is 4. The fraction of sp³-hybridized carbons (Fsp3) is 0.500. The molecule has 0 aliphatic heterocycles. The maximum Gasteiger partial charge on any atom is 0.242 e. The lowest BCUT2D eigenvalue weighted by Gasteiger charge is -2.28. The maximum absolute atomic E-state index is 13.6. The second-order valence-corrected chi connectivity index (χ2v) is 8.35. The number of nitrogens with one attached hydrogen (secondary N) is 1. The van der Waals surface area contributed by atoms with Crippen molar-refractivity contribution in [3.05, 3.63) is 28.0 Å². The summed E-state index contributed by atoms with van der Waals surface area (Å²) in [6.45, 7) is 0. The molecule has 0 aromatic heterocycles. The van der Waals surface area contributed by atoms with Gasteiger partial charge in [0.15, 0.2) is 5.82 Å². The third-order valence-corrected chi connectivity index (χ3v) is 6.68. The molecule has 1 aliphatic carbocycles. The van der Waals surface area contributed by atoms with E-state index in [0.29, 0.717) is 0 Å². The Bertz CT molecular complexity index is 612. The van der Waals surface area contributed by atoms with E-state index in [1.165, 1.54) is 12.1 Å². The molecule has 1 aromatic rings. The molecule has 0 bridgehead atoms. The second-order valence-electron chi connectivity index (χ2n) is 4.70. The monoisotopic (exact) mass is 403 g/mol. The molecule has 112 valence electrons. The Morgan fingerprint density at radius 2 is 1.90 bits per heavy atom. The van der Waals surface area contributed by atoms with Crippen molar-refractivity contribution >= 4 is 49.2 Å². The van der Waals surface area contributed by atoms with Gasteiger partial charge in [0.1, 0.15) is 4.90 Å². The van der Waals surface area contributed by atoms with Gasteiger partial charge in [-0.25, -0.2) is 17.5 Å². The highest BCUT2D eigenvalue weighted by molar-refractivity contribution is 9.09. The number of hydrogen-bond acceptors (Lipinski definition) is 2. The van der Waals surface area contributed by atoms with E-state index >= 15 is 0 Å². The molecule has 1 aliphatic rings. The first-order valence-electron chi connectivity index (χ1n) is 6.13. The first-order valence-corrected chi connectivity index (χ1v) is 9.28. The standard InChI is InChI=1S/C12H13BrCl2FNO2S/c13-7-3-1-2-4-9(7)17-20(18,19)10-6-5-8(14)12(16)11(10)15/h5-7,9,17H,1-4H2. The van der Waals surface area contributed by atoms with Crippen LogP contribution in [0.5, 0.6) is 0 Å². The molecule has 0 radical (unpaired) electrons. The van der Waals surface area contributed by atoms with Crippen LogP contribution in [0.15, 0.2) is 17.0 Å². The van der Waals surface area contributed by atoms with Crippen LogP contribution in [0, 0.1) is 5.82 Å². The van der Waals surface area contributed by atoms with Gasteiger partial charge in [0.2, 0.25) is 10.0 Å². The first-order chi connectivity index (χ1) is 9.33. The van der Waals surface area contributed by atoms with Gasteiger partial charge in [-0.3, -0.25) is 0 Å². The van der Waals surface area contributed by atoms with Crippen molar-refractivity contribution in [1.82, 2.24) is 4.72 Å². The van der Waals surface area contributed by atoms with Crippen molar-refractivity contribution < 1.29 is 12.8 Å². The molecular formula is C12H13BrCl2FNO2S. The Balaban J connectivity index is 2.29. The molecule has 2 atom stereocenters. The van der Waals surface area contributed by atoms with Crippen LogP contribution in [0.1, 0.15) is 25.7 Å². The highest BCUT2D eigenvalue weighted by Crippen LogP contribution is 2.31. The molecule has 8 heteroatoms. The fourth-order valence-electron chi connectivity index (χ4n) is 2.20. The van der Waals surface area contributed by atoms with Crippen LogP contribution in [0.4, 0.5) is 4.39 Å². The van der Waals surface area contributed by atoms with Crippen molar-refractivity contribution in [3.8, 4) is 0 Å². The average molecular weight is 405 g/mol. The third kappa shape index (κ3) is 3.47. The average Bonchev–Trinajstić information content (AvgIpc) is 2.38. The van der Waals surface area contributed by atoms with Crippen LogP contribution in [0.3, 0.4) is 0 Å². The molecular weight excluding hydrogens is 392 g/mol. The zero-order valence-electron chi connectivity index (χ0n) is 10.4. The predicted molar refractivity (Wildman–Crippen MR) is 81.7 cm³/mol. The van der Waals surface area contributed by atoms with Gasteiger partial charge in [-0.2, -0.15) is 0 Å². The lowest BCUT2D eigenvalue weighted by Crippen LogP contribution is -2.42. The van der Waals surface area contributed by atoms with Crippen molar-refractivity contribution in [2.24, 2.45) is 0 Å². The van der Waals surface area contributed by atoms with E-state index in [4.69, 9.17) is 23.2 Å². The molecule has 0 amide bonds. The van der Waals surface area contributed by atoms with E-state index in [9.17, 15) is 12.8 Å². The largest absolute Gasteiger partial charge is 0.242 e. The Kier molecular flexibility index (Phi) is 5.34. The first kappa shape index (κ1) is 16.5. The fourth-order valence-corrected chi connectivity index (χ4v) is 5.15. The summed E-state index contributed by atoms with van der Waals surface area (Å²) in [6, 6.07) is 2.18. The topological polar surface area (TPSA) is 46.2 Å². The highest BCUT2D eigenvalue weighted by Gasteiger charge is 2.29. The maximum atomic E-state index is 13.6. The van der Waals surface area contributed by atoms with E-state index < -0.39 is 20.9 Å². The van der Waals surface area contributed by atoms with E-state index in [1.807, 2.05) is 0 Å². The number of alkyl halides is 1. The van der Waals surface area contributed by atoms with Crippen LogP contribution in [-0.4, -0.2) is 19.3 Å². The molecule has 2 unspecified atom stereocenters. The van der Waals surface area contributed by atoms with Gasteiger partial charge < -0.3 is 0 Å². The quantitative estimate of drug-likeness (QED) is 0.608. The van der Waals surface area contributed by atoms with Crippen LogP contribution in [0.2, 0.25) is 10.0 Å². The van der Waals surface area contributed by atoms with Crippen LogP contribution >= 0.6 is 39.1 Å². The summed E-state index contributed by atoms with van der Waals surface area (Å²) >= 11 is 14.8. The molecule has 0 heterocycles. The normalized spacial score (nSPS) is 23.8. The number of sulfonamides is 1. The molecule has 1 fully saturated rings. The Labute approximate surface area is 136 Å². The van der Waals surface area contributed by atoms with E-state index in [1.54, 1.807) is 0 Å². The predicted octanol–water partition coefficient (Wildman–Crippen LogP) is 4.12. The number of rotatable bonds is 3. The number of benzene rings is 1.